The Hall–Kier alpha value is 0.270. The lowest BCUT2D eigenvalue weighted by Crippen LogP contribution is -2.45. The van der Waals surface area contributed by atoms with Gasteiger partial charge in [-0.15, -0.1) is 0 Å². The van der Waals surface area contributed by atoms with E-state index in [9.17, 15) is 5.11 Å². The summed E-state index contributed by atoms with van der Waals surface area (Å²) >= 11 is 1.72. The van der Waals surface area contributed by atoms with Crippen LogP contribution in [-0.4, -0.2) is 35.3 Å². The van der Waals surface area contributed by atoms with Crippen molar-refractivity contribution in [1.29, 1.82) is 0 Å². The predicted octanol–water partition coefficient (Wildman–Crippen LogP) is 1.88. The van der Waals surface area contributed by atoms with Crippen molar-refractivity contribution in [3.8, 4) is 0 Å². The molecule has 0 bridgehead atoms. The van der Waals surface area contributed by atoms with E-state index in [1.165, 1.54) is 25.7 Å². The Morgan fingerprint density at radius 1 is 1.33 bits per heavy atom. The summed E-state index contributed by atoms with van der Waals surface area (Å²) in [7, 11) is 0. The number of aliphatic hydroxyl groups is 1. The maximum absolute atomic E-state index is 10.1. The van der Waals surface area contributed by atoms with Crippen LogP contribution in [0.25, 0.3) is 0 Å². The van der Waals surface area contributed by atoms with Crippen LogP contribution in [0.1, 0.15) is 32.6 Å². The van der Waals surface area contributed by atoms with Crippen molar-refractivity contribution < 1.29 is 5.11 Å². The van der Waals surface area contributed by atoms with E-state index in [4.69, 9.17) is 0 Å². The third kappa shape index (κ3) is 3.65. The first kappa shape index (κ1) is 11.7. The lowest BCUT2D eigenvalue weighted by Gasteiger charge is -2.26. The van der Waals surface area contributed by atoms with E-state index < -0.39 is 5.60 Å². The van der Waals surface area contributed by atoms with Gasteiger partial charge in [0.25, 0.3) is 0 Å². The van der Waals surface area contributed by atoms with E-state index in [2.05, 4.69) is 5.32 Å². The Labute approximate surface area is 97.2 Å². The molecule has 15 heavy (non-hydrogen) atoms. The van der Waals surface area contributed by atoms with E-state index in [1.54, 1.807) is 11.8 Å². The average molecular weight is 229 g/mol. The van der Waals surface area contributed by atoms with Gasteiger partial charge < -0.3 is 10.4 Å². The average Bonchev–Trinajstić information content (AvgIpc) is 2.99. The fourth-order valence-corrected chi connectivity index (χ4v) is 3.05. The van der Waals surface area contributed by atoms with Gasteiger partial charge in [-0.05, 0) is 50.7 Å². The normalized spacial score (nSPS) is 25.6. The monoisotopic (exact) mass is 229 g/mol. The van der Waals surface area contributed by atoms with Gasteiger partial charge in [0.2, 0.25) is 0 Å². The second-order valence-corrected chi connectivity index (χ2v) is 6.38. The summed E-state index contributed by atoms with van der Waals surface area (Å²) in [5, 5.41) is 13.7. The van der Waals surface area contributed by atoms with Crippen molar-refractivity contribution in [1.82, 2.24) is 5.32 Å². The van der Waals surface area contributed by atoms with Crippen LogP contribution in [0.2, 0.25) is 0 Å². The van der Waals surface area contributed by atoms with Crippen LogP contribution < -0.4 is 5.32 Å². The molecule has 88 valence electrons. The zero-order chi connectivity index (χ0) is 10.9. The van der Waals surface area contributed by atoms with Crippen LogP contribution in [0.4, 0.5) is 0 Å². The molecule has 2 nitrogen and oxygen atoms in total. The first-order valence-electron chi connectivity index (χ1n) is 6.07. The molecule has 1 unspecified atom stereocenters. The summed E-state index contributed by atoms with van der Waals surface area (Å²) in [5.74, 6) is 2.66. The minimum Gasteiger partial charge on any atom is -0.388 e. The fourth-order valence-electron chi connectivity index (χ4n) is 2.33. The molecular formula is C12H23NOS. The molecule has 2 saturated carbocycles. The number of thioether (sulfide) groups is 1. The molecule has 2 rings (SSSR count). The van der Waals surface area contributed by atoms with Gasteiger partial charge in [-0.1, -0.05) is 0 Å². The van der Waals surface area contributed by atoms with Crippen molar-refractivity contribution in [3.63, 3.8) is 0 Å². The summed E-state index contributed by atoms with van der Waals surface area (Å²) in [4.78, 5) is 0. The highest BCUT2D eigenvalue weighted by Gasteiger charge is 2.41. The van der Waals surface area contributed by atoms with Crippen LogP contribution in [0.3, 0.4) is 0 Å². The summed E-state index contributed by atoms with van der Waals surface area (Å²) in [6.45, 7) is 2.69. The van der Waals surface area contributed by atoms with Crippen molar-refractivity contribution in [3.05, 3.63) is 0 Å². The lowest BCUT2D eigenvalue weighted by atomic mass is 10.0. The van der Waals surface area contributed by atoms with Crippen LogP contribution >= 0.6 is 11.8 Å². The van der Waals surface area contributed by atoms with Gasteiger partial charge >= 0.3 is 0 Å². The zero-order valence-electron chi connectivity index (χ0n) is 9.83. The van der Waals surface area contributed by atoms with Crippen LogP contribution in [0.15, 0.2) is 0 Å². The Bertz CT molecular complexity index is 200. The standard InChI is InChI=1S/C12H23NOS/c1-12(14,8-15-2)7-13-11(9-3-4-9)10-5-6-10/h9-11,13-14H,3-8H2,1-2H3. The highest BCUT2D eigenvalue weighted by atomic mass is 32.2. The van der Waals surface area contributed by atoms with Gasteiger partial charge in [0.15, 0.2) is 0 Å². The smallest absolute Gasteiger partial charge is 0.0833 e. The van der Waals surface area contributed by atoms with Gasteiger partial charge in [-0.25, -0.2) is 0 Å². The van der Waals surface area contributed by atoms with Gasteiger partial charge in [0.05, 0.1) is 5.60 Å². The molecule has 3 heteroatoms. The van der Waals surface area contributed by atoms with E-state index in [1.807, 2.05) is 13.2 Å². The van der Waals surface area contributed by atoms with E-state index in [0.29, 0.717) is 6.04 Å². The minimum atomic E-state index is -0.540. The van der Waals surface area contributed by atoms with Gasteiger partial charge in [-0.3, -0.25) is 0 Å². The number of hydrogen-bond donors (Lipinski definition) is 2. The number of nitrogens with one attached hydrogen (secondary N) is 1. The van der Waals surface area contributed by atoms with E-state index >= 15 is 0 Å². The summed E-state index contributed by atoms with van der Waals surface area (Å²) < 4.78 is 0. The fraction of sp³-hybridized carbons (Fsp3) is 1.00. The summed E-state index contributed by atoms with van der Waals surface area (Å²) in [6.07, 6.45) is 7.66. The highest BCUT2D eigenvalue weighted by molar-refractivity contribution is 7.98. The van der Waals surface area contributed by atoms with Crippen molar-refractivity contribution in [2.45, 2.75) is 44.2 Å². The molecule has 0 aromatic heterocycles. The third-order valence-electron chi connectivity index (χ3n) is 3.43. The summed E-state index contributed by atoms with van der Waals surface area (Å²) in [6, 6.07) is 0.707. The topological polar surface area (TPSA) is 32.3 Å². The lowest BCUT2D eigenvalue weighted by molar-refractivity contribution is 0.0793. The van der Waals surface area contributed by atoms with Gasteiger partial charge in [0.1, 0.15) is 0 Å². The molecule has 1 atom stereocenters. The quantitative estimate of drug-likeness (QED) is 0.699. The highest BCUT2D eigenvalue weighted by Crippen LogP contribution is 2.44. The first-order valence-corrected chi connectivity index (χ1v) is 7.46. The molecule has 0 aromatic carbocycles. The first-order chi connectivity index (χ1) is 7.12. The molecule has 0 aliphatic heterocycles. The molecule has 2 N–H and O–H groups in total. The van der Waals surface area contributed by atoms with E-state index in [0.717, 1.165) is 24.1 Å². The van der Waals surface area contributed by atoms with Crippen molar-refractivity contribution >= 4 is 11.8 Å². The third-order valence-corrected chi connectivity index (χ3v) is 4.34. The van der Waals surface area contributed by atoms with Crippen LogP contribution in [0.5, 0.6) is 0 Å². The van der Waals surface area contributed by atoms with Crippen molar-refractivity contribution in [2.75, 3.05) is 18.6 Å². The number of rotatable bonds is 7. The zero-order valence-corrected chi connectivity index (χ0v) is 10.6. The molecule has 0 saturated heterocycles. The minimum absolute atomic E-state index is 0.540. The molecule has 2 aliphatic carbocycles. The predicted molar refractivity (Wildman–Crippen MR) is 66.2 cm³/mol. The molecule has 0 radical (unpaired) electrons. The second kappa shape index (κ2) is 4.64. The molecule has 0 spiro atoms. The SMILES string of the molecule is CSCC(C)(O)CNC(C1CC1)C1CC1. The number of hydrogen-bond acceptors (Lipinski definition) is 3. The molecule has 0 aromatic rings. The summed E-state index contributed by atoms with van der Waals surface area (Å²) in [5.41, 5.74) is -0.540. The molecule has 2 aliphatic rings. The van der Waals surface area contributed by atoms with E-state index in [-0.39, 0.29) is 0 Å². The molecular weight excluding hydrogens is 206 g/mol. The van der Waals surface area contributed by atoms with Gasteiger partial charge in [-0.2, -0.15) is 11.8 Å². The van der Waals surface area contributed by atoms with Crippen LogP contribution in [-0.2, 0) is 0 Å². The largest absolute Gasteiger partial charge is 0.388 e. The molecule has 0 amide bonds. The van der Waals surface area contributed by atoms with Crippen molar-refractivity contribution in [2.24, 2.45) is 11.8 Å². The second-order valence-electron chi connectivity index (χ2n) is 5.51. The Morgan fingerprint density at radius 2 is 1.87 bits per heavy atom. The molecule has 2 fully saturated rings. The van der Waals surface area contributed by atoms with Gasteiger partial charge in [0, 0.05) is 18.3 Å². The maximum Gasteiger partial charge on any atom is 0.0833 e. The Kier molecular flexibility index (Phi) is 3.63. The Morgan fingerprint density at radius 3 is 2.27 bits per heavy atom. The Balaban J connectivity index is 1.74. The maximum atomic E-state index is 10.1. The molecule has 0 heterocycles. The van der Waals surface area contributed by atoms with Crippen LogP contribution in [0, 0.1) is 11.8 Å².